The number of hydrogen-bond acceptors (Lipinski definition) is 6. The van der Waals surface area contributed by atoms with Gasteiger partial charge in [-0.2, -0.15) is 0 Å². The summed E-state index contributed by atoms with van der Waals surface area (Å²) < 4.78 is 5.48. The summed E-state index contributed by atoms with van der Waals surface area (Å²) in [7, 11) is 0. The Morgan fingerprint density at radius 1 is 0.750 bits per heavy atom. The second-order valence-electron chi connectivity index (χ2n) is 6.75. The summed E-state index contributed by atoms with van der Waals surface area (Å²) in [5.41, 5.74) is -0.584. The number of rotatable bonds is 13. The van der Waals surface area contributed by atoms with Crippen LogP contribution in [0, 0.1) is 0 Å². The topological polar surface area (TPSA) is 90.2 Å². The first-order valence-electron chi connectivity index (χ1n) is 9.54. The molecule has 4 N–H and O–H groups in total. The van der Waals surface area contributed by atoms with Gasteiger partial charge in [0.15, 0.2) is 0 Å². The number of ether oxygens (including phenoxy) is 1. The van der Waals surface area contributed by atoms with Gasteiger partial charge in [0.1, 0.15) is 29.9 Å². The Morgan fingerprint density at radius 2 is 1.29 bits per heavy atom. The van der Waals surface area contributed by atoms with Crippen molar-refractivity contribution in [2.24, 2.45) is 0 Å². The smallest absolute Gasteiger partial charge is 0.132 e. The lowest BCUT2D eigenvalue weighted by molar-refractivity contribution is -0.205. The number of hydrogen-bond donors (Lipinski definition) is 4. The van der Waals surface area contributed by atoms with Gasteiger partial charge < -0.3 is 25.2 Å². The zero-order chi connectivity index (χ0) is 17.8. The quantitative estimate of drug-likeness (QED) is 0.375. The summed E-state index contributed by atoms with van der Waals surface area (Å²) in [6.45, 7) is 1.88. The van der Waals surface area contributed by atoms with Crippen LogP contribution in [0.3, 0.4) is 0 Å². The first-order valence-corrected chi connectivity index (χ1v) is 10.6. The fourth-order valence-electron chi connectivity index (χ4n) is 2.99. The van der Waals surface area contributed by atoms with Crippen molar-refractivity contribution < 1.29 is 25.2 Å². The van der Waals surface area contributed by atoms with Gasteiger partial charge >= 0.3 is 0 Å². The average Bonchev–Trinajstić information content (AvgIpc) is 2.59. The number of unbranched alkanes of at least 4 members (excludes halogenated alkanes) is 9. The van der Waals surface area contributed by atoms with Gasteiger partial charge in [-0.25, -0.2) is 0 Å². The zero-order valence-corrected chi connectivity index (χ0v) is 15.8. The second-order valence-corrected chi connectivity index (χ2v) is 7.96. The third-order valence-corrected chi connectivity index (χ3v) is 5.87. The van der Waals surface area contributed by atoms with Crippen molar-refractivity contribution in [3.05, 3.63) is 0 Å². The van der Waals surface area contributed by atoms with E-state index in [4.69, 9.17) is 9.84 Å². The van der Waals surface area contributed by atoms with E-state index in [1.54, 1.807) is 0 Å². The summed E-state index contributed by atoms with van der Waals surface area (Å²) in [4.78, 5) is 0. The molecule has 5 nitrogen and oxygen atoms in total. The summed E-state index contributed by atoms with van der Waals surface area (Å²) in [6.07, 6.45) is 8.36. The average molecular weight is 365 g/mol. The molecule has 1 aliphatic heterocycles. The molecule has 0 aromatic carbocycles. The third-order valence-electron chi connectivity index (χ3n) is 4.63. The highest BCUT2D eigenvalue weighted by Crippen LogP contribution is 2.29. The predicted molar refractivity (Wildman–Crippen MR) is 98.1 cm³/mol. The van der Waals surface area contributed by atoms with Gasteiger partial charge in [0, 0.05) is 0 Å². The molecule has 0 bridgehead atoms. The minimum atomic E-state index is -1.26. The summed E-state index contributed by atoms with van der Waals surface area (Å²) in [6, 6.07) is 0. The number of aliphatic hydroxyl groups excluding tert-OH is 4. The Labute approximate surface area is 150 Å². The molecule has 6 heteroatoms. The van der Waals surface area contributed by atoms with E-state index in [0.29, 0.717) is 0 Å². The van der Waals surface area contributed by atoms with E-state index >= 15 is 0 Å². The van der Waals surface area contributed by atoms with Crippen LogP contribution in [0.5, 0.6) is 0 Å². The molecule has 0 unspecified atom stereocenters. The van der Waals surface area contributed by atoms with Gasteiger partial charge in [-0.05, 0) is 12.2 Å². The van der Waals surface area contributed by atoms with E-state index < -0.39 is 29.9 Å². The van der Waals surface area contributed by atoms with Crippen molar-refractivity contribution in [1.82, 2.24) is 0 Å². The van der Waals surface area contributed by atoms with Crippen LogP contribution in [0.2, 0.25) is 0 Å². The molecule has 1 aliphatic rings. The standard InChI is InChI=1S/C18H36O5S/c1-2-3-4-5-6-7-8-9-10-11-12-24-18-17(22)16(21)15(20)14(13-19)23-18/h14-22H,2-13H2,1H3/t14-,15-,16+,17-,18+/m1/s1. The first kappa shape index (κ1) is 22.2. The van der Waals surface area contributed by atoms with Gasteiger partial charge in [-0.3, -0.25) is 0 Å². The molecule has 0 amide bonds. The van der Waals surface area contributed by atoms with Crippen LogP contribution in [0.15, 0.2) is 0 Å². The molecule has 0 saturated carbocycles. The molecular formula is C18H36O5S. The van der Waals surface area contributed by atoms with Crippen LogP contribution in [0.4, 0.5) is 0 Å². The largest absolute Gasteiger partial charge is 0.394 e. The van der Waals surface area contributed by atoms with Crippen LogP contribution in [0.1, 0.15) is 71.1 Å². The highest BCUT2D eigenvalue weighted by Gasteiger charge is 2.43. The normalized spacial score (nSPS) is 30.6. The molecule has 0 spiro atoms. The van der Waals surface area contributed by atoms with Gasteiger partial charge in [0.2, 0.25) is 0 Å². The van der Waals surface area contributed by atoms with Gasteiger partial charge in [-0.1, -0.05) is 64.7 Å². The second kappa shape index (κ2) is 13.4. The SMILES string of the molecule is CCCCCCCCCCCCS[C@@H]1O[C@H](CO)[C@@H](O)[C@H](O)[C@H]1O. The summed E-state index contributed by atoms with van der Waals surface area (Å²) >= 11 is 1.45. The summed E-state index contributed by atoms with van der Waals surface area (Å²) in [5.74, 6) is 0.846. The Balaban J connectivity index is 2.02. The van der Waals surface area contributed by atoms with E-state index in [0.717, 1.165) is 12.2 Å². The molecule has 1 heterocycles. The van der Waals surface area contributed by atoms with Crippen molar-refractivity contribution in [2.75, 3.05) is 12.4 Å². The third kappa shape index (κ3) is 8.02. The Hall–Kier alpha value is 0.150. The molecule has 1 saturated heterocycles. The van der Waals surface area contributed by atoms with Gasteiger partial charge in [0.25, 0.3) is 0 Å². The monoisotopic (exact) mass is 364 g/mol. The molecule has 5 atom stereocenters. The van der Waals surface area contributed by atoms with Gasteiger partial charge in [0.05, 0.1) is 6.61 Å². The minimum Gasteiger partial charge on any atom is -0.394 e. The van der Waals surface area contributed by atoms with E-state index in [1.165, 1.54) is 69.5 Å². The maximum absolute atomic E-state index is 9.95. The van der Waals surface area contributed by atoms with Crippen LogP contribution < -0.4 is 0 Å². The fourth-order valence-corrected chi connectivity index (χ4v) is 4.18. The molecular weight excluding hydrogens is 328 g/mol. The molecule has 1 rings (SSSR count). The van der Waals surface area contributed by atoms with E-state index in [9.17, 15) is 15.3 Å². The van der Waals surface area contributed by atoms with Crippen LogP contribution in [0.25, 0.3) is 0 Å². The number of thioether (sulfide) groups is 1. The van der Waals surface area contributed by atoms with Crippen molar-refractivity contribution >= 4 is 11.8 Å². The number of aliphatic hydroxyl groups is 4. The van der Waals surface area contributed by atoms with E-state index in [1.807, 2.05) is 0 Å². The van der Waals surface area contributed by atoms with Crippen molar-refractivity contribution in [1.29, 1.82) is 0 Å². The molecule has 0 radical (unpaired) electrons. The van der Waals surface area contributed by atoms with Crippen LogP contribution >= 0.6 is 11.8 Å². The lowest BCUT2D eigenvalue weighted by Crippen LogP contribution is -2.57. The summed E-state index contributed by atoms with van der Waals surface area (Å²) in [5, 5.41) is 38.6. The van der Waals surface area contributed by atoms with Gasteiger partial charge in [-0.15, -0.1) is 11.8 Å². The molecule has 0 aliphatic carbocycles. The van der Waals surface area contributed by atoms with Crippen LogP contribution in [-0.4, -0.2) is 62.6 Å². The molecule has 0 aromatic rings. The predicted octanol–water partition coefficient (Wildman–Crippen LogP) is 2.44. The minimum absolute atomic E-state index is 0.361. The molecule has 144 valence electrons. The van der Waals surface area contributed by atoms with Crippen molar-refractivity contribution in [2.45, 2.75) is 101 Å². The highest BCUT2D eigenvalue weighted by atomic mass is 32.2. The first-order chi connectivity index (χ1) is 11.6. The van der Waals surface area contributed by atoms with Crippen LogP contribution in [-0.2, 0) is 4.74 Å². The lowest BCUT2D eigenvalue weighted by atomic mass is 10.0. The lowest BCUT2D eigenvalue weighted by Gasteiger charge is -2.39. The maximum Gasteiger partial charge on any atom is 0.132 e. The highest BCUT2D eigenvalue weighted by molar-refractivity contribution is 7.99. The fraction of sp³-hybridized carbons (Fsp3) is 1.00. The molecule has 24 heavy (non-hydrogen) atoms. The van der Waals surface area contributed by atoms with E-state index in [2.05, 4.69) is 6.92 Å². The molecule has 1 fully saturated rings. The zero-order valence-electron chi connectivity index (χ0n) is 15.0. The molecule has 0 aromatic heterocycles. The Morgan fingerprint density at radius 3 is 1.83 bits per heavy atom. The maximum atomic E-state index is 9.95. The Bertz CT molecular complexity index is 303. The van der Waals surface area contributed by atoms with Crippen molar-refractivity contribution in [3.63, 3.8) is 0 Å². The van der Waals surface area contributed by atoms with E-state index in [-0.39, 0.29) is 6.61 Å². The Kier molecular flexibility index (Phi) is 12.4. The van der Waals surface area contributed by atoms with Crippen molar-refractivity contribution in [3.8, 4) is 0 Å².